The molecule has 0 atom stereocenters. The average molecular weight is 410 g/mol. The van der Waals surface area contributed by atoms with E-state index in [2.05, 4.69) is 5.32 Å². The molecule has 1 saturated heterocycles. The predicted octanol–water partition coefficient (Wildman–Crippen LogP) is 3.53. The van der Waals surface area contributed by atoms with E-state index in [1.165, 1.54) is 4.90 Å². The summed E-state index contributed by atoms with van der Waals surface area (Å²) in [5.41, 5.74) is 3.45. The van der Waals surface area contributed by atoms with Crippen molar-refractivity contribution in [2.45, 2.75) is 6.92 Å². The molecule has 2 aromatic carbocycles. The summed E-state index contributed by atoms with van der Waals surface area (Å²) in [6.07, 6.45) is 1.72. The van der Waals surface area contributed by atoms with E-state index in [0.717, 1.165) is 28.6 Å². The lowest BCUT2D eigenvalue weighted by atomic mass is 10.1. The Morgan fingerprint density at radius 2 is 1.86 bits per heavy atom. The normalized spacial score (nSPS) is 15.1. The topological polar surface area (TPSA) is 69.7 Å². The summed E-state index contributed by atoms with van der Waals surface area (Å²) in [4.78, 5) is 40.6. The summed E-state index contributed by atoms with van der Waals surface area (Å²) in [7, 11) is 3.81. The van der Waals surface area contributed by atoms with Crippen molar-refractivity contribution >= 4 is 40.6 Å². The second-order valence-electron chi connectivity index (χ2n) is 6.94. The Balaban J connectivity index is 1.59. The molecular weight excluding hydrogens is 386 g/mol. The number of benzene rings is 2. The highest BCUT2D eigenvalue weighted by Crippen LogP contribution is 2.31. The van der Waals surface area contributed by atoms with Crippen molar-refractivity contribution in [1.29, 1.82) is 0 Å². The van der Waals surface area contributed by atoms with Crippen LogP contribution in [0.2, 0.25) is 0 Å². The molecule has 1 aliphatic heterocycles. The molecule has 1 aliphatic rings. The predicted molar refractivity (Wildman–Crippen MR) is 117 cm³/mol. The summed E-state index contributed by atoms with van der Waals surface area (Å²) >= 11 is 0.922. The number of anilines is 1. The van der Waals surface area contributed by atoms with Gasteiger partial charge in [-0.05, 0) is 48.5 Å². The van der Waals surface area contributed by atoms with Gasteiger partial charge < -0.3 is 10.2 Å². The molecule has 6 nitrogen and oxygen atoms in total. The minimum atomic E-state index is -0.329. The second kappa shape index (κ2) is 8.96. The molecule has 2 aromatic rings. The average Bonchev–Trinajstić information content (AvgIpc) is 2.97. The molecule has 7 heteroatoms. The van der Waals surface area contributed by atoms with E-state index in [9.17, 15) is 14.4 Å². The van der Waals surface area contributed by atoms with Gasteiger partial charge in [0.25, 0.3) is 17.1 Å². The van der Waals surface area contributed by atoms with E-state index in [1.807, 2.05) is 62.3 Å². The molecule has 0 bridgehead atoms. The largest absolute Gasteiger partial charge is 0.378 e. The molecule has 1 heterocycles. The van der Waals surface area contributed by atoms with Crippen LogP contribution in [0.3, 0.4) is 0 Å². The first-order chi connectivity index (χ1) is 13.8. The van der Waals surface area contributed by atoms with E-state index in [-0.39, 0.29) is 30.1 Å². The third kappa shape index (κ3) is 5.06. The second-order valence-corrected chi connectivity index (χ2v) is 7.94. The summed E-state index contributed by atoms with van der Waals surface area (Å²) in [5, 5.41) is 2.45. The van der Waals surface area contributed by atoms with Crippen molar-refractivity contribution in [3.05, 3.63) is 70.1 Å². The molecule has 0 unspecified atom stereocenters. The molecule has 0 aliphatic carbocycles. The number of imide groups is 1. The molecular formula is C22H23N3O3S. The van der Waals surface area contributed by atoms with Crippen LogP contribution in [0.25, 0.3) is 6.08 Å². The Bertz CT molecular complexity index is 968. The maximum Gasteiger partial charge on any atom is 0.293 e. The van der Waals surface area contributed by atoms with Crippen molar-refractivity contribution < 1.29 is 14.4 Å². The standard InChI is InChI=1S/C22H23N3O3S/c1-15-7-9-16(10-8-15)13-19-21(27)25(22(28)29-19)12-11-23-20(26)17-5-4-6-18(14-17)24(2)3/h4-10,13-14H,11-12H2,1-3H3,(H,23,26)/b19-13-. The Labute approximate surface area is 174 Å². The maximum atomic E-state index is 12.6. The van der Waals surface area contributed by atoms with Gasteiger partial charge in [0, 0.05) is 38.4 Å². The van der Waals surface area contributed by atoms with E-state index in [1.54, 1.807) is 18.2 Å². The van der Waals surface area contributed by atoms with Crippen LogP contribution in [-0.2, 0) is 4.79 Å². The lowest BCUT2D eigenvalue weighted by Crippen LogP contribution is -2.37. The van der Waals surface area contributed by atoms with Gasteiger partial charge in [0.05, 0.1) is 4.91 Å². The zero-order valence-corrected chi connectivity index (χ0v) is 17.5. The van der Waals surface area contributed by atoms with Crippen LogP contribution in [-0.4, -0.2) is 49.1 Å². The van der Waals surface area contributed by atoms with E-state index >= 15 is 0 Å². The zero-order chi connectivity index (χ0) is 21.0. The number of nitrogens with zero attached hydrogens (tertiary/aromatic N) is 2. The first-order valence-corrected chi connectivity index (χ1v) is 10.0. The third-order valence-electron chi connectivity index (χ3n) is 4.49. The van der Waals surface area contributed by atoms with Crippen molar-refractivity contribution in [3.63, 3.8) is 0 Å². The van der Waals surface area contributed by atoms with Crippen molar-refractivity contribution in [1.82, 2.24) is 10.2 Å². The van der Waals surface area contributed by atoms with Crippen LogP contribution in [0.5, 0.6) is 0 Å². The third-order valence-corrected chi connectivity index (χ3v) is 5.40. The van der Waals surface area contributed by atoms with E-state index in [0.29, 0.717) is 10.5 Å². The quantitative estimate of drug-likeness (QED) is 0.739. The maximum absolute atomic E-state index is 12.6. The van der Waals surface area contributed by atoms with Crippen molar-refractivity contribution in [2.75, 3.05) is 32.1 Å². The molecule has 0 spiro atoms. The number of rotatable bonds is 6. The zero-order valence-electron chi connectivity index (χ0n) is 16.6. The summed E-state index contributed by atoms with van der Waals surface area (Å²) in [6.45, 7) is 2.32. The fourth-order valence-electron chi connectivity index (χ4n) is 2.82. The molecule has 3 amide bonds. The van der Waals surface area contributed by atoms with Crippen LogP contribution in [0, 0.1) is 6.92 Å². The Morgan fingerprint density at radius 1 is 1.14 bits per heavy atom. The highest BCUT2D eigenvalue weighted by molar-refractivity contribution is 8.18. The van der Waals surface area contributed by atoms with Gasteiger partial charge in [0.1, 0.15) is 0 Å². The Hall–Kier alpha value is -3.06. The monoisotopic (exact) mass is 409 g/mol. The lowest BCUT2D eigenvalue weighted by Gasteiger charge is -2.15. The fraction of sp³-hybridized carbons (Fsp3) is 0.227. The van der Waals surface area contributed by atoms with Gasteiger partial charge in [-0.15, -0.1) is 0 Å². The number of aryl methyl sites for hydroxylation is 1. The number of hydrogen-bond acceptors (Lipinski definition) is 5. The van der Waals surface area contributed by atoms with Crippen LogP contribution < -0.4 is 10.2 Å². The van der Waals surface area contributed by atoms with Gasteiger partial charge >= 0.3 is 0 Å². The van der Waals surface area contributed by atoms with Gasteiger partial charge in [-0.25, -0.2) is 0 Å². The first-order valence-electron chi connectivity index (χ1n) is 9.23. The number of carbonyl (C=O) groups excluding carboxylic acids is 3. The van der Waals surface area contributed by atoms with Crippen LogP contribution >= 0.6 is 11.8 Å². The molecule has 0 saturated carbocycles. The molecule has 0 radical (unpaired) electrons. The molecule has 150 valence electrons. The number of amides is 3. The van der Waals surface area contributed by atoms with Crippen molar-refractivity contribution in [2.24, 2.45) is 0 Å². The Morgan fingerprint density at radius 3 is 2.55 bits per heavy atom. The molecule has 1 fully saturated rings. The van der Waals surface area contributed by atoms with Crippen LogP contribution in [0.4, 0.5) is 10.5 Å². The molecule has 3 rings (SSSR count). The fourth-order valence-corrected chi connectivity index (χ4v) is 3.68. The van der Waals surface area contributed by atoms with E-state index < -0.39 is 0 Å². The van der Waals surface area contributed by atoms with Gasteiger partial charge in [0.15, 0.2) is 0 Å². The SMILES string of the molecule is Cc1ccc(/C=C2\SC(=O)N(CCNC(=O)c3cccc(N(C)C)c3)C2=O)cc1. The van der Waals surface area contributed by atoms with Gasteiger partial charge in [-0.1, -0.05) is 35.9 Å². The molecule has 29 heavy (non-hydrogen) atoms. The minimum Gasteiger partial charge on any atom is -0.378 e. The summed E-state index contributed by atoms with van der Waals surface area (Å²) in [6, 6.07) is 15.0. The smallest absolute Gasteiger partial charge is 0.293 e. The number of thioether (sulfide) groups is 1. The van der Waals surface area contributed by atoms with E-state index in [4.69, 9.17) is 0 Å². The number of hydrogen-bond donors (Lipinski definition) is 1. The summed E-state index contributed by atoms with van der Waals surface area (Å²) in [5.74, 6) is -0.569. The van der Waals surface area contributed by atoms with Gasteiger partial charge in [0.2, 0.25) is 0 Å². The van der Waals surface area contributed by atoms with Crippen LogP contribution in [0.1, 0.15) is 21.5 Å². The highest BCUT2D eigenvalue weighted by atomic mass is 32.2. The lowest BCUT2D eigenvalue weighted by molar-refractivity contribution is -0.122. The van der Waals surface area contributed by atoms with Crippen molar-refractivity contribution in [3.8, 4) is 0 Å². The minimum absolute atomic E-state index is 0.134. The molecule has 0 aromatic heterocycles. The van der Waals surface area contributed by atoms with Crippen LogP contribution in [0.15, 0.2) is 53.4 Å². The highest BCUT2D eigenvalue weighted by Gasteiger charge is 2.34. The Kier molecular flexibility index (Phi) is 6.39. The number of carbonyl (C=O) groups is 3. The van der Waals surface area contributed by atoms with Gasteiger partial charge in [-0.3, -0.25) is 19.3 Å². The first kappa shape index (κ1) is 20.7. The number of nitrogens with one attached hydrogen (secondary N) is 1. The van der Waals surface area contributed by atoms with Gasteiger partial charge in [-0.2, -0.15) is 0 Å². The molecule has 1 N–H and O–H groups in total. The summed E-state index contributed by atoms with van der Waals surface area (Å²) < 4.78 is 0.